The SMILES string of the molecule is CC(C)(C)OC(=O)NCCC(=O)O[C@H](C(=O)N1CCCC1)c1ccccc1. The summed E-state index contributed by atoms with van der Waals surface area (Å²) in [6, 6.07) is 8.98. The number of likely N-dealkylation sites (tertiary alicyclic amines) is 1. The highest BCUT2D eigenvalue weighted by Crippen LogP contribution is 2.23. The lowest BCUT2D eigenvalue weighted by Gasteiger charge is -2.23. The summed E-state index contributed by atoms with van der Waals surface area (Å²) in [5, 5.41) is 2.51. The average molecular weight is 376 g/mol. The average Bonchev–Trinajstić information content (AvgIpc) is 3.13. The monoisotopic (exact) mass is 376 g/mol. The summed E-state index contributed by atoms with van der Waals surface area (Å²) in [5.74, 6) is -0.750. The molecule has 2 amide bonds. The van der Waals surface area contributed by atoms with Crippen LogP contribution in [0.4, 0.5) is 4.79 Å². The van der Waals surface area contributed by atoms with Crippen LogP contribution in [-0.4, -0.2) is 48.1 Å². The highest BCUT2D eigenvalue weighted by molar-refractivity contribution is 5.85. The smallest absolute Gasteiger partial charge is 0.407 e. The number of carbonyl (C=O) groups excluding carboxylic acids is 3. The first kappa shape index (κ1) is 20.7. The summed E-state index contributed by atoms with van der Waals surface area (Å²) in [6.07, 6.45) is 0.319. The number of esters is 1. The van der Waals surface area contributed by atoms with E-state index in [4.69, 9.17) is 9.47 Å². The molecule has 1 atom stereocenters. The summed E-state index contributed by atoms with van der Waals surface area (Å²) < 4.78 is 10.6. The van der Waals surface area contributed by atoms with E-state index in [1.165, 1.54) is 0 Å². The van der Waals surface area contributed by atoms with Crippen LogP contribution in [0.3, 0.4) is 0 Å². The number of alkyl carbamates (subject to hydrolysis) is 1. The van der Waals surface area contributed by atoms with Crippen molar-refractivity contribution in [1.82, 2.24) is 10.2 Å². The van der Waals surface area contributed by atoms with Crippen LogP contribution in [0.1, 0.15) is 51.7 Å². The molecule has 1 aliphatic rings. The second-order valence-electron chi connectivity index (χ2n) is 7.49. The quantitative estimate of drug-likeness (QED) is 0.772. The molecule has 0 bridgehead atoms. The van der Waals surface area contributed by atoms with Gasteiger partial charge < -0.3 is 19.7 Å². The number of ether oxygens (including phenoxy) is 2. The molecule has 1 N–H and O–H groups in total. The molecule has 0 aromatic heterocycles. The molecule has 7 heteroatoms. The van der Waals surface area contributed by atoms with Gasteiger partial charge in [-0.25, -0.2) is 4.79 Å². The van der Waals surface area contributed by atoms with Crippen molar-refractivity contribution in [2.24, 2.45) is 0 Å². The van der Waals surface area contributed by atoms with Crippen molar-refractivity contribution < 1.29 is 23.9 Å². The number of benzene rings is 1. The van der Waals surface area contributed by atoms with Gasteiger partial charge in [0.2, 0.25) is 6.10 Å². The molecule has 0 saturated carbocycles. The van der Waals surface area contributed by atoms with Gasteiger partial charge in [-0.2, -0.15) is 0 Å². The van der Waals surface area contributed by atoms with E-state index in [9.17, 15) is 14.4 Å². The molecule has 7 nitrogen and oxygen atoms in total. The molecule has 0 radical (unpaired) electrons. The Morgan fingerprint density at radius 1 is 1.11 bits per heavy atom. The van der Waals surface area contributed by atoms with E-state index in [1.807, 2.05) is 6.07 Å². The summed E-state index contributed by atoms with van der Waals surface area (Å²) >= 11 is 0. The van der Waals surface area contributed by atoms with Gasteiger partial charge in [0.1, 0.15) is 5.60 Å². The molecule has 1 heterocycles. The van der Waals surface area contributed by atoms with Crippen LogP contribution in [0, 0.1) is 0 Å². The van der Waals surface area contributed by atoms with Crippen LogP contribution >= 0.6 is 0 Å². The zero-order valence-corrected chi connectivity index (χ0v) is 16.2. The number of amides is 2. The third kappa shape index (κ3) is 6.92. The van der Waals surface area contributed by atoms with Crippen molar-refractivity contribution >= 4 is 18.0 Å². The molecule has 1 saturated heterocycles. The molecular formula is C20H28N2O5. The largest absolute Gasteiger partial charge is 0.447 e. The van der Waals surface area contributed by atoms with Crippen molar-refractivity contribution in [2.45, 2.75) is 51.7 Å². The summed E-state index contributed by atoms with van der Waals surface area (Å²) in [6.45, 7) is 6.72. The minimum atomic E-state index is -0.960. The lowest BCUT2D eigenvalue weighted by molar-refractivity contribution is -0.160. The molecule has 0 aliphatic carbocycles. The van der Waals surface area contributed by atoms with E-state index in [-0.39, 0.29) is 18.9 Å². The van der Waals surface area contributed by atoms with E-state index in [2.05, 4.69) is 5.32 Å². The van der Waals surface area contributed by atoms with Gasteiger partial charge >= 0.3 is 12.1 Å². The number of nitrogens with zero attached hydrogens (tertiary/aromatic N) is 1. The van der Waals surface area contributed by atoms with Crippen LogP contribution in [-0.2, 0) is 19.1 Å². The second-order valence-corrected chi connectivity index (χ2v) is 7.49. The summed E-state index contributed by atoms with van der Waals surface area (Å²) in [4.78, 5) is 38.4. The van der Waals surface area contributed by atoms with Crippen molar-refractivity contribution in [3.8, 4) is 0 Å². The van der Waals surface area contributed by atoms with Gasteiger partial charge in [-0.3, -0.25) is 9.59 Å². The number of rotatable bonds is 6. The molecule has 1 aromatic rings. The second kappa shape index (κ2) is 9.39. The first-order valence-electron chi connectivity index (χ1n) is 9.26. The standard InChI is InChI=1S/C20H28N2O5/c1-20(2,3)27-19(25)21-12-11-16(23)26-17(15-9-5-4-6-10-15)18(24)22-13-7-8-14-22/h4-6,9-10,17H,7-8,11-14H2,1-3H3,(H,21,25)/t17-/m0/s1. The van der Waals surface area contributed by atoms with Crippen LogP contribution in [0.2, 0.25) is 0 Å². The van der Waals surface area contributed by atoms with Crippen LogP contribution in [0.25, 0.3) is 0 Å². The van der Waals surface area contributed by atoms with E-state index < -0.39 is 23.8 Å². The molecule has 27 heavy (non-hydrogen) atoms. The normalized spacial score (nSPS) is 15.1. The van der Waals surface area contributed by atoms with E-state index in [0.717, 1.165) is 12.8 Å². The fourth-order valence-electron chi connectivity index (χ4n) is 2.76. The Bertz CT molecular complexity index is 648. The van der Waals surface area contributed by atoms with E-state index in [1.54, 1.807) is 49.9 Å². The maximum Gasteiger partial charge on any atom is 0.407 e. The Kier molecular flexibility index (Phi) is 7.21. The number of hydrogen-bond acceptors (Lipinski definition) is 5. The van der Waals surface area contributed by atoms with Crippen molar-refractivity contribution in [1.29, 1.82) is 0 Å². The van der Waals surface area contributed by atoms with E-state index in [0.29, 0.717) is 18.7 Å². The van der Waals surface area contributed by atoms with Crippen LogP contribution in [0.15, 0.2) is 30.3 Å². The van der Waals surface area contributed by atoms with Gasteiger partial charge in [0.25, 0.3) is 5.91 Å². The lowest BCUT2D eigenvalue weighted by atomic mass is 10.1. The Morgan fingerprint density at radius 2 is 1.74 bits per heavy atom. The van der Waals surface area contributed by atoms with Gasteiger partial charge in [0.15, 0.2) is 0 Å². The molecule has 148 valence electrons. The molecular weight excluding hydrogens is 348 g/mol. The highest BCUT2D eigenvalue weighted by atomic mass is 16.6. The zero-order valence-electron chi connectivity index (χ0n) is 16.2. The van der Waals surface area contributed by atoms with Crippen LogP contribution in [0.5, 0.6) is 0 Å². The summed E-state index contributed by atoms with van der Waals surface area (Å²) in [7, 11) is 0. The maximum atomic E-state index is 12.8. The van der Waals surface area contributed by atoms with Crippen molar-refractivity contribution in [3.05, 3.63) is 35.9 Å². The third-order valence-corrected chi connectivity index (χ3v) is 3.99. The van der Waals surface area contributed by atoms with Gasteiger partial charge in [-0.1, -0.05) is 30.3 Å². The predicted molar refractivity (Wildman–Crippen MR) is 99.9 cm³/mol. The Hall–Kier alpha value is -2.57. The zero-order chi connectivity index (χ0) is 19.9. The molecule has 1 aromatic carbocycles. The van der Waals surface area contributed by atoms with E-state index >= 15 is 0 Å². The molecule has 1 aliphatic heterocycles. The van der Waals surface area contributed by atoms with Gasteiger partial charge in [0.05, 0.1) is 6.42 Å². The van der Waals surface area contributed by atoms with Gasteiger partial charge in [0, 0.05) is 25.2 Å². The van der Waals surface area contributed by atoms with Crippen molar-refractivity contribution in [3.63, 3.8) is 0 Å². The molecule has 2 rings (SSSR count). The van der Waals surface area contributed by atoms with Crippen molar-refractivity contribution in [2.75, 3.05) is 19.6 Å². The number of carbonyl (C=O) groups is 3. The maximum absolute atomic E-state index is 12.8. The first-order chi connectivity index (χ1) is 12.8. The first-order valence-corrected chi connectivity index (χ1v) is 9.26. The summed E-state index contributed by atoms with van der Waals surface area (Å²) in [5.41, 5.74) is 0.0355. The fraction of sp³-hybridized carbons (Fsp3) is 0.550. The van der Waals surface area contributed by atoms with Crippen LogP contribution < -0.4 is 5.32 Å². The lowest BCUT2D eigenvalue weighted by Crippen LogP contribution is -2.36. The molecule has 1 fully saturated rings. The minimum absolute atomic E-state index is 0.0458. The van der Waals surface area contributed by atoms with Gasteiger partial charge in [-0.05, 0) is 33.6 Å². The topological polar surface area (TPSA) is 84.9 Å². The Balaban J connectivity index is 1.91. The Morgan fingerprint density at radius 3 is 2.33 bits per heavy atom. The Labute approximate surface area is 160 Å². The fourth-order valence-corrected chi connectivity index (χ4v) is 2.76. The van der Waals surface area contributed by atoms with Gasteiger partial charge in [-0.15, -0.1) is 0 Å². The highest BCUT2D eigenvalue weighted by Gasteiger charge is 2.30. The number of hydrogen-bond donors (Lipinski definition) is 1. The molecule has 0 unspecified atom stereocenters. The predicted octanol–water partition coefficient (Wildman–Crippen LogP) is 2.81. The minimum Gasteiger partial charge on any atom is -0.447 e. The third-order valence-electron chi connectivity index (χ3n) is 3.99. The molecule has 0 spiro atoms. The number of nitrogens with one attached hydrogen (secondary N) is 1.